The molecule has 4 N–H and O–H groups in total. The molecule has 1 aliphatic carbocycles. The van der Waals surface area contributed by atoms with Crippen molar-refractivity contribution in [3.8, 4) is 11.1 Å². The minimum atomic E-state index is -0.456. The van der Waals surface area contributed by atoms with Gasteiger partial charge in [-0.25, -0.2) is 9.97 Å². The first kappa shape index (κ1) is 20.7. The molecule has 0 bridgehead atoms. The average molecular weight is 473 g/mol. The Labute approximate surface area is 199 Å². The van der Waals surface area contributed by atoms with Crippen LogP contribution in [0, 0.1) is 6.92 Å². The lowest BCUT2D eigenvalue weighted by Gasteiger charge is -2.12. The van der Waals surface area contributed by atoms with Crippen LogP contribution in [0.1, 0.15) is 18.0 Å². The molecule has 0 aliphatic heterocycles. The third kappa shape index (κ3) is 3.48. The molecule has 0 spiro atoms. The monoisotopic (exact) mass is 472 g/mol. The van der Waals surface area contributed by atoms with E-state index < -0.39 is 6.10 Å². The van der Waals surface area contributed by atoms with E-state index in [0.29, 0.717) is 34.4 Å². The van der Waals surface area contributed by atoms with Crippen molar-refractivity contribution in [1.29, 1.82) is 0 Å². The van der Waals surface area contributed by atoms with Crippen LogP contribution in [0.2, 0.25) is 5.02 Å². The van der Waals surface area contributed by atoms with E-state index in [1.807, 2.05) is 60.2 Å². The molecular formula is C25H21ClN6O2. The van der Waals surface area contributed by atoms with Gasteiger partial charge >= 0.3 is 0 Å². The summed E-state index contributed by atoms with van der Waals surface area (Å²) in [7, 11) is 0. The van der Waals surface area contributed by atoms with Crippen molar-refractivity contribution in [2.24, 2.45) is 0 Å². The number of fused-ring (bicyclic) bond motifs is 2. The number of nitrogens with two attached hydrogens (primary N) is 1. The van der Waals surface area contributed by atoms with Gasteiger partial charge in [-0.1, -0.05) is 35.9 Å². The van der Waals surface area contributed by atoms with Crippen molar-refractivity contribution in [2.75, 3.05) is 11.1 Å². The standard InChI is InChI=1S/C25H21ClN6O2/c1-13-8-15(26)9-20-22(13)34-25(31-20)30-16-4-2-14(3-5-16)19-11-32(17-6-7-18(33)10-17)24-21(19)23(27)28-12-29-24/h2-9,11-12,17-18,33H,10H2,1H3,(H,30,31)(H2,27,28,29)/t17?,18-/m0/s1. The van der Waals surface area contributed by atoms with Crippen molar-refractivity contribution in [1.82, 2.24) is 19.5 Å². The Morgan fingerprint density at radius 2 is 2.00 bits per heavy atom. The normalized spacial score (nSPS) is 17.7. The molecule has 5 aromatic rings. The molecule has 0 saturated heterocycles. The molecule has 34 heavy (non-hydrogen) atoms. The molecular weight excluding hydrogens is 452 g/mol. The number of nitrogens with one attached hydrogen (secondary N) is 1. The molecule has 3 heterocycles. The van der Waals surface area contributed by atoms with E-state index in [-0.39, 0.29) is 6.04 Å². The fourth-order valence-electron chi connectivity index (χ4n) is 4.51. The van der Waals surface area contributed by atoms with Crippen molar-refractivity contribution in [2.45, 2.75) is 25.5 Å². The van der Waals surface area contributed by atoms with Crippen LogP contribution in [0.5, 0.6) is 0 Å². The van der Waals surface area contributed by atoms with Gasteiger partial charge in [-0.2, -0.15) is 4.98 Å². The Kier molecular flexibility index (Phi) is 4.79. The molecule has 0 radical (unpaired) electrons. The Bertz CT molecular complexity index is 1570. The van der Waals surface area contributed by atoms with Crippen molar-refractivity contribution in [3.05, 3.63) is 71.7 Å². The number of allylic oxidation sites excluding steroid dienone is 1. The van der Waals surface area contributed by atoms with Gasteiger partial charge in [0.2, 0.25) is 0 Å². The second-order valence-electron chi connectivity index (χ2n) is 8.46. The number of hydrogen-bond donors (Lipinski definition) is 3. The fourth-order valence-corrected chi connectivity index (χ4v) is 4.78. The topological polar surface area (TPSA) is 115 Å². The van der Waals surface area contributed by atoms with Crippen molar-refractivity contribution in [3.63, 3.8) is 0 Å². The summed E-state index contributed by atoms with van der Waals surface area (Å²) in [6.07, 6.45) is 7.44. The van der Waals surface area contributed by atoms with Crippen LogP contribution >= 0.6 is 11.6 Å². The van der Waals surface area contributed by atoms with Gasteiger partial charge < -0.3 is 25.1 Å². The largest absolute Gasteiger partial charge is 0.423 e. The number of rotatable bonds is 4. The number of hydrogen-bond acceptors (Lipinski definition) is 7. The van der Waals surface area contributed by atoms with Gasteiger partial charge in [0.25, 0.3) is 6.01 Å². The third-order valence-corrected chi connectivity index (χ3v) is 6.34. The number of aliphatic hydroxyl groups is 1. The highest BCUT2D eigenvalue weighted by molar-refractivity contribution is 6.31. The van der Waals surface area contributed by atoms with Crippen molar-refractivity contribution < 1.29 is 9.52 Å². The predicted molar refractivity (Wildman–Crippen MR) is 133 cm³/mol. The van der Waals surface area contributed by atoms with Crippen molar-refractivity contribution >= 4 is 51.3 Å². The Balaban J connectivity index is 1.34. The van der Waals surface area contributed by atoms with Gasteiger partial charge in [0.1, 0.15) is 23.3 Å². The van der Waals surface area contributed by atoms with E-state index in [1.165, 1.54) is 6.33 Å². The van der Waals surface area contributed by atoms with E-state index in [2.05, 4.69) is 20.3 Å². The highest BCUT2D eigenvalue weighted by Crippen LogP contribution is 2.37. The predicted octanol–water partition coefficient (Wildman–Crippen LogP) is 5.39. The second kappa shape index (κ2) is 7.86. The van der Waals surface area contributed by atoms with Gasteiger partial charge in [0.05, 0.1) is 17.5 Å². The van der Waals surface area contributed by atoms with Crippen LogP contribution in [0.3, 0.4) is 0 Å². The van der Waals surface area contributed by atoms with Crippen LogP contribution < -0.4 is 11.1 Å². The summed E-state index contributed by atoms with van der Waals surface area (Å²) in [4.78, 5) is 13.2. The summed E-state index contributed by atoms with van der Waals surface area (Å²) in [6, 6.07) is 11.9. The molecule has 1 unspecified atom stereocenters. The lowest BCUT2D eigenvalue weighted by Crippen LogP contribution is -2.08. The number of anilines is 3. The lowest BCUT2D eigenvalue weighted by atomic mass is 10.1. The lowest BCUT2D eigenvalue weighted by molar-refractivity contribution is 0.211. The minimum absolute atomic E-state index is 0.0117. The van der Waals surface area contributed by atoms with Crippen LogP contribution in [0.4, 0.5) is 17.5 Å². The first-order chi connectivity index (χ1) is 16.5. The number of aromatic nitrogens is 4. The molecule has 0 fully saturated rings. The number of aliphatic hydroxyl groups excluding tert-OH is 1. The number of benzene rings is 2. The van der Waals surface area contributed by atoms with Gasteiger partial charge in [-0.05, 0) is 42.3 Å². The SMILES string of the molecule is Cc1cc(Cl)cc2nc(Nc3ccc(-c4cn(C5C=C[C@H](O)C5)c5ncnc(N)c45)cc3)oc12. The van der Waals surface area contributed by atoms with Crippen LogP contribution in [-0.4, -0.2) is 30.7 Å². The van der Waals surface area contributed by atoms with Crippen LogP contribution in [0.25, 0.3) is 33.3 Å². The molecule has 9 heteroatoms. The first-order valence-corrected chi connectivity index (χ1v) is 11.3. The summed E-state index contributed by atoms with van der Waals surface area (Å²) in [5, 5.41) is 14.6. The van der Waals surface area contributed by atoms with Crippen LogP contribution in [-0.2, 0) is 0 Å². The molecule has 3 aromatic heterocycles. The number of nitrogens with zero attached hydrogens (tertiary/aromatic N) is 4. The van der Waals surface area contributed by atoms with E-state index in [0.717, 1.165) is 33.4 Å². The van der Waals surface area contributed by atoms with E-state index in [4.69, 9.17) is 21.8 Å². The van der Waals surface area contributed by atoms with E-state index >= 15 is 0 Å². The molecule has 6 rings (SSSR count). The van der Waals surface area contributed by atoms with Gasteiger partial charge in [-0.3, -0.25) is 0 Å². The van der Waals surface area contributed by atoms with Gasteiger partial charge in [-0.15, -0.1) is 0 Å². The zero-order chi connectivity index (χ0) is 23.4. The first-order valence-electron chi connectivity index (χ1n) is 10.9. The smallest absolute Gasteiger partial charge is 0.300 e. The highest BCUT2D eigenvalue weighted by atomic mass is 35.5. The molecule has 8 nitrogen and oxygen atoms in total. The fraction of sp³-hybridized carbons (Fsp3) is 0.160. The van der Waals surface area contributed by atoms with Gasteiger partial charge in [0.15, 0.2) is 5.58 Å². The van der Waals surface area contributed by atoms with Crippen LogP contribution in [0.15, 0.2) is 65.5 Å². The average Bonchev–Trinajstić information content (AvgIpc) is 3.51. The maximum absolute atomic E-state index is 9.95. The molecule has 2 atom stereocenters. The molecule has 0 amide bonds. The summed E-state index contributed by atoms with van der Waals surface area (Å²) < 4.78 is 7.92. The molecule has 1 aliphatic rings. The summed E-state index contributed by atoms with van der Waals surface area (Å²) in [6.45, 7) is 1.94. The Hall–Kier alpha value is -3.88. The van der Waals surface area contributed by atoms with Gasteiger partial charge in [0, 0.05) is 28.9 Å². The summed E-state index contributed by atoms with van der Waals surface area (Å²) in [5.74, 6) is 0.420. The zero-order valence-electron chi connectivity index (χ0n) is 18.2. The summed E-state index contributed by atoms with van der Waals surface area (Å²) >= 11 is 6.13. The molecule has 0 saturated carbocycles. The Morgan fingerprint density at radius 3 is 2.76 bits per heavy atom. The molecule has 2 aromatic carbocycles. The zero-order valence-corrected chi connectivity index (χ0v) is 19.0. The number of aryl methyl sites for hydroxylation is 1. The minimum Gasteiger partial charge on any atom is -0.423 e. The number of oxazole rings is 1. The third-order valence-electron chi connectivity index (χ3n) is 6.12. The van der Waals surface area contributed by atoms with E-state index in [1.54, 1.807) is 6.07 Å². The maximum atomic E-state index is 9.95. The highest BCUT2D eigenvalue weighted by Gasteiger charge is 2.23. The summed E-state index contributed by atoms with van der Waals surface area (Å²) in [5.41, 5.74) is 12.1. The number of nitrogen functional groups attached to an aromatic ring is 1. The quantitative estimate of drug-likeness (QED) is 0.300. The molecule has 170 valence electrons. The Morgan fingerprint density at radius 1 is 1.18 bits per heavy atom. The second-order valence-corrected chi connectivity index (χ2v) is 8.89. The number of halogens is 1. The maximum Gasteiger partial charge on any atom is 0.300 e. The van der Waals surface area contributed by atoms with E-state index in [9.17, 15) is 5.11 Å².